The standard InChI is InChI=1S/C13H17BrN2O3/c1-2-19-12(17)4-3-9-15-13(18)16-11-7-5-10(14)6-8-11/h5-8H,2-4,9H2,1H3,(H2,15,16,18). The summed E-state index contributed by atoms with van der Waals surface area (Å²) in [4.78, 5) is 22.6. The Morgan fingerprint density at radius 2 is 1.95 bits per heavy atom. The van der Waals surface area contributed by atoms with Gasteiger partial charge in [-0.3, -0.25) is 4.79 Å². The van der Waals surface area contributed by atoms with E-state index in [1.165, 1.54) is 0 Å². The molecule has 0 aromatic heterocycles. The lowest BCUT2D eigenvalue weighted by atomic mass is 10.3. The van der Waals surface area contributed by atoms with Gasteiger partial charge in [0.15, 0.2) is 0 Å². The third-order valence-electron chi connectivity index (χ3n) is 2.25. The summed E-state index contributed by atoms with van der Waals surface area (Å²) in [5.41, 5.74) is 0.714. The third-order valence-corrected chi connectivity index (χ3v) is 2.78. The Labute approximate surface area is 120 Å². The van der Waals surface area contributed by atoms with Crippen molar-refractivity contribution in [2.45, 2.75) is 19.8 Å². The average molecular weight is 329 g/mol. The Hall–Kier alpha value is -1.56. The van der Waals surface area contributed by atoms with Crippen molar-refractivity contribution >= 4 is 33.6 Å². The van der Waals surface area contributed by atoms with Crippen LogP contribution in [0.2, 0.25) is 0 Å². The number of halogens is 1. The SMILES string of the molecule is CCOC(=O)CCCNC(=O)Nc1ccc(Br)cc1. The molecule has 0 bridgehead atoms. The van der Waals surface area contributed by atoms with E-state index in [0.29, 0.717) is 31.7 Å². The number of rotatable bonds is 6. The van der Waals surface area contributed by atoms with Gasteiger partial charge in [-0.05, 0) is 37.6 Å². The second-order valence-corrected chi connectivity index (χ2v) is 4.71. The molecule has 0 aliphatic heterocycles. The Kier molecular flexibility index (Phi) is 6.95. The van der Waals surface area contributed by atoms with Crippen molar-refractivity contribution in [3.8, 4) is 0 Å². The van der Waals surface area contributed by atoms with Crippen molar-refractivity contribution < 1.29 is 14.3 Å². The number of benzene rings is 1. The highest BCUT2D eigenvalue weighted by Crippen LogP contribution is 2.13. The third kappa shape index (κ3) is 6.81. The molecule has 0 heterocycles. The maximum Gasteiger partial charge on any atom is 0.319 e. The molecule has 104 valence electrons. The van der Waals surface area contributed by atoms with Crippen LogP contribution in [0, 0.1) is 0 Å². The smallest absolute Gasteiger partial charge is 0.319 e. The molecule has 0 radical (unpaired) electrons. The molecule has 0 saturated carbocycles. The zero-order valence-corrected chi connectivity index (χ0v) is 12.3. The molecular formula is C13H17BrN2O3. The highest BCUT2D eigenvalue weighted by Gasteiger charge is 2.03. The zero-order valence-electron chi connectivity index (χ0n) is 10.7. The van der Waals surface area contributed by atoms with Gasteiger partial charge in [-0.15, -0.1) is 0 Å². The van der Waals surface area contributed by atoms with Crippen LogP contribution in [0.1, 0.15) is 19.8 Å². The van der Waals surface area contributed by atoms with Gasteiger partial charge in [0.2, 0.25) is 0 Å². The lowest BCUT2D eigenvalue weighted by molar-refractivity contribution is -0.143. The topological polar surface area (TPSA) is 67.4 Å². The average Bonchev–Trinajstić information content (AvgIpc) is 2.38. The summed E-state index contributed by atoms with van der Waals surface area (Å²) in [6, 6.07) is 6.99. The fourth-order valence-electron chi connectivity index (χ4n) is 1.38. The maximum absolute atomic E-state index is 11.5. The number of amides is 2. The van der Waals surface area contributed by atoms with Crippen molar-refractivity contribution in [3.63, 3.8) is 0 Å². The molecule has 6 heteroatoms. The number of urea groups is 1. The summed E-state index contributed by atoms with van der Waals surface area (Å²) >= 11 is 3.32. The molecule has 0 saturated heterocycles. The second-order valence-electron chi connectivity index (χ2n) is 3.80. The number of anilines is 1. The van der Waals surface area contributed by atoms with Crippen LogP contribution in [0.3, 0.4) is 0 Å². The number of esters is 1. The fourth-order valence-corrected chi connectivity index (χ4v) is 1.64. The van der Waals surface area contributed by atoms with E-state index >= 15 is 0 Å². The Bertz CT molecular complexity index is 420. The Balaban J connectivity index is 2.18. The molecule has 2 N–H and O–H groups in total. The van der Waals surface area contributed by atoms with E-state index in [1.54, 1.807) is 19.1 Å². The number of carbonyl (C=O) groups is 2. The summed E-state index contributed by atoms with van der Waals surface area (Å²) in [5, 5.41) is 5.37. The summed E-state index contributed by atoms with van der Waals surface area (Å²) in [7, 11) is 0. The van der Waals surface area contributed by atoms with Gasteiger partial charge in [-0.1, -0.05) is 15.9 Å². The van der Waals surface area contributed by atoms with Crippen LogP contribution in [0.5, 0.6) is 0 Å². The van der Waals surface area contributed by atoms with Gasteiger partial charge in [-0.25, -0.2) is 4.79 Å². The largest absolute Gasteiger partial charge is 0.466 e. The molecule has 0 spiro atoms. The van der Waals surface area contributed by atoms with Gasteiger partial charge >= 0.3 is 12.0 Å². The molecule has 1 aromatic carbocycles. The van der Waals surface area contributed by atoms with Crippen LogP contribution in [-0.4, -0.2) is 25.2 Å². The van der Waals surface area contributed by atoms with E-state index in [9.17, 15) is 9.59 Å². The molecular weight excluding hydrogens is 312 g/mol. The van der Waals surface area contributed by atoms with Crippen molar-refractivity contribution in [2.75, 3.05) is 18.5 Å². The normalized spacial score (nSPS) is 9.79. The van der Waals surface area contributed by atoms with Crippen LogP contribution >= 0.6 is 15.9 Å². The van der Waals surface area contributed by atoms with Gasteiger partial charge in [0.05, 0.1) is 6.61 Å². The van der Waals surface area contributed by atoms with Gasteiger partial charge in [-0.2, -0.15) is 0 Å². The predicted molar refractivity (Wildman–Crippen MR) is 77.0 cm³/mol. The summed E-state index contributed by atoms with van der Waals surface area (Å²) in [5.74, 6) is -0.238. The number of nitrogens with one attached hydrogen (secondary N) is 2. The first kappa shape index (κ1) is 15.5. The van der Waals surface area contributed by atoms with Crippen molar-refractivity contribution in [3.05, 3.63) is 28.7 Å². The summed E-state index contributed by atoms with van der Waals surface area (Å²) < 4.78 is 5.74. The highest BCUT2D eigenvalue weighted by atomic mass is 79.9. The van der Waals surface area contributed by atoms with E-state index in [0.717, 1.165) is 4.47 Å². The Morgan fingerprint density at radius 1 is 1.26 bits per heavy atom. The molecule has 0 aliphatic carbocycles. The number of hydrogen-bond acceptors (Lipinski definition) is 3. The van der Waals surface area contributed by atoms with Crippen LogP contribution in [0.15, 0.2) is 28.7 Å². The van der Waals surface area contributed by atoms with Crippen molar-refractivity contribution in [1.82, 2.24) is 5.32 Å². The van der Waals surface area contributed by atoms with Crippen molar-refractivity contribution in [2.24, 2.45) is 0 Å². The molecule has 0 atom stereocenters. The Morgan fingerprint density at radius 3 is 2.58 bits per heavy atom. The van der Waals surface area contributed by atoms with Crippen LogP contribution in [0.25, 0.3) is 0 Å². The highest BCUT2D eigenvalue weighted by molar-refractivity contribution is 9.10. The van der Waals surface area contributed by atoms with Gasteiger partial charge in [0.1, 0.15) is 0 Å². The van der Waals surface area contributed by atoms with Crippen LogP contribution in [-0.2, 0) is 9.53 Å². The molecule has 2 amide bonds. The number of ether oxygens (including phenoxy) is 1. The van der Waals surface area contributed by atoms with Crippen molar-refractivity contribution in [1.29, 1.82) is 0 Å². The lowest BCUT2D eigenvalue weighted by Crippen LogP contribution is -2.29. The molecule has 0 fully saturated rings. The van der Waals surface area contributed by atoms with E-state index < -0.39 is 0 Å². The van der Waals surface area contributed by atoms with Gasteiger partial charge in [0.25, 0.3) is 0 Å². The lowest BCUT2D eigenvalue weighted by Gasteiger charge is -2.07. The minimum atomic E-state index is -0.286. The van der Waals surface area contributed by atoms with E-state index in [4.69, 9.17) is 4.74 Å². The monoisotopic (exact) mass is 328 g/mol. The first-order chi connectivity index (χ1) is 9.11. The van der Waals surface area contributed by atoms with Gasteiger partial charge in [0, 0.05) is 23.1 Å². The number of hydrogen-bond donors (Lipinski definition) is 2. The minimum Gasteiger partial charge on any atom is -0.466 e. The van der Waals surface area contributed by atoms with E-state index in [-0.39, 0.29) is 12.0 Å². The second kappa shape index (κ2) is 8.53. The minimum absolute atomic E-state index is 0.238. The van der Waals surface area contributed by atoms with Crippen LogP contribution in [0.4, 0.5) is 10.5 Å². The quantitative estimate of drug-likeness (QED) is 0.623. The zero-order chi connectivity index (χ0) is 14.1. The van der Waals surface area contributed by atoms with Gasteiger partial charge < -0.3 is 15.4 Å². The van der Waals surface area contributed by atoms with E-state index in [2.05, 4.69) is 26.6 Å². The fraction of sp³-hybridized carbons (Fsp3) is 0.385. The summed E-state index contributed by atoms with van der Waals surface area (Å²) in [6.45, 7) is 2.58. The van der Waals surface area contributed by atoms with E-state index in [1.807, 2.05) is 12.1 Å². The molecule has 5 nitrogen and oxygen atoms in total. The maximum atomic E-state index is 11.5. The summed E-state index contributed by atoms with van der Waals surface area (Å²) in [6.07, 6.45) is 0.874. The first-order valence-corrected chi connectivity index (χ1v) is 6.87. The molecule has 0 unspecified atom stereocenters. The molecule has 1 rings (SSSR count). The molecule has 1 aromatic rings. The number of carbonyl (C=O) groups excluding carboxylic acids is 2. The molecule has 19 heavy (non-hydrogen) atoms. The van der Waals surface area contributed by atoms with Crippen LogP contribution < -0.4 is 10.6 Å². The molecule has 0 aliphatic rings. The predicted octanol–water partition coefficient (Wildman–Crippen LogP) is 2.91. The first-order valence-electron chi connectivity index (χ1n) is 6.08.